The molecule has 4 heteroatoms. The van der Waals surface area contributed by atoms with Crippen LogP contribution >= 0.6 is 11.6 Å². The fraction of sp³-hybridized carbons (Fsp3) is 0.278. The Kier molecular flexibility index (Phi) is 5.45. The zero-order chi connectivity index (χ0) is 16.1. The second-order valence-corrected chi connectivity index (χ2v) is 5.62. The Balaban J connectivity index is 2.00. The van der Waals surface area contributed by atoms with E-state index in [1.807, 2.05) is 38.1 Å². The highest BCUT2D eigenvalue weighted by molar-refractivity contribution is 6.31. The number of ether oxygens (including phenoxy) is 1. The molecule has 0 bridgehead atoms. The summed E-state index contributed by atoms with van der Waals surface area (Å²) in [7, 11) is 0. The lowest BCUT2D eigenvalue weighted by Crippen LogP contribution is -2.21. The maximum Gasteiger partial charge on any atom is 0.262 e. The number of carbonyl (C=O) groups is 1. The second kappa shape index (κ2) is 7.32. The molecular formula is C18H20ClNO2. The van der Waals surface area contributed by atoms with Crippen molar-refractivity contribution in [2.45, 2.75) is 27.2 Å². The molecule has 2 aromatic rings. The van der Waals surface area contributed by atoms with Gasteiger partial charge in [0.25, 0.3) is 5.91 Å². The third-order valence-electron chi connectivity index (χ3n) is 3.50. The Hall–Kier alpha value is -2.00. The quantitative estimate of drug-likeness (QED) is 0.879. The fourth-order valence-electron chi connectivity index (χ4n) is 2.23. The lowest BCUT2D eigenvalue weighted by atomic mass is 10.1. The van der Waals surface area contributed by atoms with E-state index in [4.69, 9.17) is 16.3 Å². The number of hydrogen-bond donors (Lipinski definition) is 1. The number of benzene rings is 2. The van der Waals surface area contributed by atoms with Gasteiger partial charge < -0.3 is 10.1 Å². The molecule has 2 aromatic carbocycles. The van der Waals surface area contributed by atoms with Gasteiger partial charge in [0.05, 0.1) is 0 Å². The molecule has 0 aliphatic heterocycles. The van der Waals surface area contributed by atoms with Crippen LogP contribution in [0.25, 0.3) is 0 Å². The lowest BCUT2D eigenvalue weighted by Gasteiger charge is -2.13. The summed E-state index contributed by atoms with van der Waals surface area (Å²) in [6.45, 7) is 5.92. The molecule has 0 aliphatic rings. The average molecular weight is 318 g/mol. The van der Waals surface area contributed by atoms with Crippen molar-refractivity contribution in [2.75, 3.05) is 11.9 Å². The Bertz CT molecular complexity index is 683. The molecule has 0 heterocycles. The van der Waals surface area contributed by atoms with E-state index in [9.17, 15) is 4.79 Å². The third kappa shape index (κ3) is 4.01. The van der Waals surface area contributed by atoms with Gasteiger partial charge in [-0.25, -0.2) is 0 Å². The minimum atomic E-state index is -0.170. The summed E-state index contributed by atoms with van der Waals surface area (Å²) in [5.41, 5.74) is 3.98. The van der Waals surface area contributed by atoms with E-state index in [0.29, 0.717) is 10.8 Å². The summed E-state index contributed by atoms with van der Waals surface area (Å²) in [4.78, 5) is 12.1. The Morgan fingerprint density at radius 1 is 1.18 bits per heavy atom. The molecule has 0 saturated carbocycles. The SMILES string of the molecule is CCc1cccc(C)c1NC(=O)COc1ccc(Cl)c(C)c1. The van der Waals surface area contributed by atoms with Crippen LogP contribution in [0.5, 0.6) is 5.75 Å². The van der Waals surface area contributed by atoms with Gasteiger partial charge in [0.2, 0.25) is 0 Å². The standard InChI is InChI=1S/C18H20ClNO2/c1-4-14-7-5-6-12(2)18(14)20-17(21)11-22-15-8-9-16(19)13(3)10-15/h5-10H,4,11H2,1-3H3,(H,20,21). The van der Waals surface area contributed by atoms with Gasteiger partial charge in [-0.15, -0.1) is 0 Å². The zero-order valence-electron chi connectivity index (χ0n) is 13.1. The van der Waals surface area contributed by atoms with Crippen molar-refractivity contribution >= 4 is 23.2 Å². The summed E-state index contributed by atoms with van der Waals surface area (Å²) >= 11 is 5.97. The molecule has 0 aliphatic carbocycles. The molecule has 0 fully saturated rings. The van der Waals surface area contributed by atoms with Gasteiger partial charge in [-0.1, -0.05) is 36.7 Å². The van der Waals surface area contributed by atoms with Crippen LogP contribution in [0, 0.1) is 13.8 Å². The first-order valence-corrected chi connectivity index (χ1v) is 7.66. The van der Waals surface area contributed by atoms with Gasteiger partial charge in [-0.3, -0.25) is 4.79 Å². The van der Waals surface area contributed by atoms with Crippen molar-refractivity contribution in [3.05, 3.63) is 58.1 Å². The number of amides is 1. The van der Waals surface area contributed by atoms with Crippen LogP contribution in [-0.2, 0) is 11.2 Å². The largest absolute Gasteiger partial charge is 0.484 e. The summed E-state index contributed by atoms with van der Waals surface area (Å²) in [6.07, 6.45) is 0.870. The van der Waals surface area contributed by atoms with Crippen LogP contribution in [0.1, 0.15) is 23.6 Å². The maximum absolute atomic E-state index is 12.1. The van der Waals surface area contributed by atoms with Crippen molar-refractivity contribution in [3.63, 3.8) is 0 Å². The van der Waals surface area contributed by atoms with Crippen molar-refractivity contribution < 1.29 is 9.53 Å². The Morgan fingerprint density at radius 2 is 1.95 bits per heavy atom. The molecule has 0 radical (unpaired) electrons. The summed E-state index contributed by atoms with van der Waals surface area (Å²) in [6, 6.07) is 11.3. The minimum absolute atomic E-state index is 0.0292. The van der Waals surface area contributed by atoms with Crippen LogP contribution in [-0.4, -0.2) is 12.5 Å². The number of para-hydroxylation sites is 1. The number of hydrogen-bond acceptors (Lipinski definition) is 2. The van der Waals surface area contributed by atoms with Crippen LogP contribution in [0.3, 0.4) is 0 Å². The van der Waals surface area contributed by atoms with E-state index in [0.717, 1.165) is 28.8 Å². The fourth-order valence-corrected chi connectivity index (χ4v) is 2.35. The van der Waals surface area contributed by atoms with E-state index in [1.165, 1.54) is 0 Å². The number of aryl methyl sites for hydroxylation is 3. The van der Waals surface area contributed by atoms with Crippen LogP contribution in [0.2, 0.25) is 5.02 Å². The van der Waals surface area contributed by atoms with Crippen LogP contribution in [0.15, 0.2) is 36.4 Å². The number of carbonyl (C=O) groups excluding carboxylic acids is 1. The first-order chi connectivity index (χ1) is 10.5. The molecule has 2 rings (SSSR count). The van der Waals surface area contributed by atoms with Gasteiger partial charge in [0.15, 0.2) is 6.61 Å². The van der Waals surface area contributed by atoms with Crippen molar-refractivity contribution in [2.24, 2.45) is 0 Å². The van der Waals surface area contributed by atoms with E-state index in [-0.39, 0.29) is 12.5 Å². The number of rotatable bonds is 5. The van der Waals surface area contributed by atoms with Gasteiger partial charge in [-0.05, 0) is 55.2 Å². The van der Waals surface area contributed by atoms with Crippen molar-refractivity contribution in [1.29, 1.82) is 0 Å². The molecular weight excluding hydrogens is 298 g/mol. The Labute approximate surface area is 136 Å². The van der Waals surface area contributed by atoms with Crippen molar-refractivity contribution in [1.82, 2.24) is 0 Å². The number of nitrogens with one attached hydrogen (secondary N) is 1. The smallest absolute Gasteiger partial charge is 0.262 e. The topological polar surface area (TPSA) is 38.3 Å². The maximum atomic E-state index is 12.1. The molecule has 3 nitrogen and oxygen atoms in total. The first-order valence-electron chi connectivity index (χ1n) is 7.28. The summed E-state index contributed by atoms with van der Waals surface area (Å²) in [5, 5.41) is 3.62. The van der Waals surface area contributed by atoms with E-state index in [2.05, 4.69) is 12.2 Å². The summed E-state index contributed by atoms with van der Waals surface area (Å²) in [5.74, 6) is 0.467. The zero-order valence-corrected chi connectivity index (χ0v) is 13.8. The number of anilines is 1. The molecule has 1 amide bonds. The predicted octanol–water partition coefficient (Wildman–Crippen LogP) is 4.54. The summed E-state index contributed by atoms with van der Waals surface area (Å²) < 4.78 is 5.52. The molecule has 116 valence electrons. The van der Waals surface area contributed by atoms with E-state index in [1.54, 1.807) is 12.1 Å². The molecule has 1 N–H and O–H groups in total. The van der Waals surface area contributed by atoms with Crippen molar-refractivity contribution in [3.8, 4) is 5.75 Å². The molecule has 0 unspecified atom stereocenters. The van der Waals surface area contributed by atoms with E-state index >= 15 is 0 Å². The first kappa shape index (κ1) is 16.4. The molecule has 0 aromatic heterocycles. The van der Waals surface area contributed by atoms with Crippen LogP contribution < -0.4 is 10.1 Å². The minimum Gasteiger partial charge on any atom is -0.484 e. The average Bonchev–Trinajstić information content (AvgIpc) is 2.50. The van der Waals surface area contributed by atoms with Gasteiger partial charge in [-0.2, -0.15) is 0 Å². The molecule has 0 atom stereocenters. The van der Waals surface area contributed by atoms with Gasteiger partial charge in [0, 0.05) is 10.7 Å². The monoisotopic (exact) mass is 317 g/mol. The highest BCUT2D eigenvalue weighted by Crippen LogP contribution is 2.22. The lowest BCUT2D eigenvalue weighted by molar-refractivity contribution is -0.118. The Morgan fingerprint density at radius 3 is 2.64 bits per heavy atom. The highest BCUT2D eigenvalue weighted by Gasteiger charge is 2.09. The number of halogens is 1. The van der Waals surface area contributed by atoms with Crippen LogP contribution in [0.4, 0.5) is 5.69 Å². The second-order valence-electron chi connectivity index (χ2n) is 5.21. The van der Waals surface area contributed by atoms with E-state index < -0.39 is 0 Å². The highest BCUT2D eigenvalue weighted by atomic mass is 35.5. The van der Waals surface area contributed by atoms with Gasteiger partial charge in [0.1, 0.15) is 5.75 Å². The molecule has 0 spiro atoms. The van der Waals surface area contributed by atoms with Gasteiger partial charge >= 0.3 is 0 Å². The molecule has 0 saturated heterocycles. The normalized spacial score (nSPS) is 10.4. The molecule has 22 heavy (non-hydrogen) atoms. The predicted molar refractivity (Wildman–Crippen MR) is 90.9 cm³/mol. The third-order valence-corrected chi connectivity index (χ3v) is 3.93.